The zero-order valence-electron chi connectivity index (χ0n) is 18.2. The van der Waals surface area contributed by atoms with Gasteiger partial charge in [-0.1, -0.05) is 12.1 Å². The molecular formula is C23H39N5. The zero-order valence-corrected chi connectivity index (χ0v) is 18.2. The molecule has 1 N–H and O–H groups in total. The Hall–Kier alpha value is -1.75. The predicted molar refractivity (Wildman–Crippen MR) is 120 cm³/mol. The highest BCUT2D eigenvalue weighted by Gasteiger charge is 2.17. The maximum absolute atomic E-state index is 4.96. The molecule has 2 aliphatic heterocycles. The molecule has 1 atom stereocenters. The lowest BCUT2D eigenvalue weighted by molar-refractivity contribution is 0.214. The molecule has 1 aromatic carbocycles. The molecule has 0 saturated carbocycles. The third-order valence-corrected chi connectivity index (χ3v) is 6.00. The Balaban J connectivity index is 1.56. The lowest BCUT2D eigenvalue weighted by Gasteiger charge is -2.30. The Morgan fingerprint density at radius 1 is 1.11 bits per heavy atom. The molecule has 0 radical (unpaired) electrons. The van der Waals surface area contributed by atoms with Gasteiger partial charge in [-0.2, -0.15) is 0 Å². The first-order chi connectivity index (χ1) is 13.7. The summed E-state index contributed by atoms with van der Waals surface area (Å²) < 4.78 is 0. The number of anilines is 1. The molecule has 2 fully saturated rings. The molecule has 3 rings (SSSR count). The van der Waals surface area contributed by atoms with Gasteiger partial charge in [-0.25, -0.2) is 0 Å². The second kappa shape index (κ2) is 10.7. The van der Waals surface area contributed by atoms with E-state index in [2.05, 4.69) is 65.3 Å². The van der Waals surface area contributed by atoms with Gasteiger partial charge in [-0.05, 0) is 76.2 Å². The summed E-state index contributed by atoms with van der Waals surface area (Å²) >= 11 is 0. The fourth-order valence-corrected chi connectivity index (χ4v) is 4.42. The minimum Gasteiger partial charge on any atom is -0.372 e. The molecule has 28 heavy (non-hydrogen) atoms. The predicted octanol–water partition coefficient (Wildman–Crippen LogP) is 3.42. The first kappa shape index (κ1) is 21.0. The van der Waals surface area contributed by atoms with E-state index < -0.39 is 0 Å². The van der Waals surface area contributed by atoms with E-state index in [0.717, 1.165) is 25.6 Å². The van der Waals surface area contributed by atoms with Gasteiger partial charge in [0, 0.05) is 52.0 Å². The van der Waals surface area contributed by atoms with Crippen LogP contribution in [0.2, 0.25) is 0 Å². The van der Waals surface area contributed by atoms with Crippen molar-refractivity contribution in [3.05, 3.63) is 29.8 Å². The van der Waals surface area contributed by atoms with Gasteiger partial charge < -0.3 is 20.0 Å². The van der Waals surface area contributed by atoms with Crippen LogP contribution < -0.4 is 10.2 Å². The average molecular weight is 386 g/mol. The van der Waals surface area contributed by atoms with Gasteiger partial charge in [0.05, 0.1) is 0 Å². The fraction of sp³-hybridized carbons (Fsp3) is 0.696. The summed E-state index contributed by atoms with van der Waals surface area (Å²) in [6.45, 7) is 9.66. The van der Waals surface area contributed by atoms with Crippen molar-refractivity contribution < 1.29 is 0 Å². The standard InChI is InChI=1S/C23H39N5/c1-4-24-23(25-17-21-9-8-14-26(2)18-21)27(3)19-20-10-12-22(13-11-20)28-15-6-5-7-16-28/h10-13,21H,4-9,14-19H2,1-3H3,(H,24,25). The molecular weight excluding hydrogens is 346 g/mol. The summed E-state index contributed by atoms with van der Waals surface area (Å²) in [6, 6.07) is 9.13. The number of aliphatic imine (C=N–C) groups is 1. The van der Waals surface area contributed by atoms with E-state index >= 15 is 0 Å². The zero-order chi connectivity index (χ0) is 19.8. The van der Waals surface area contributed by atoms with Crippen molar-refractivity contribution in [3.63, 3.8) is 0 Å². The summed E-state index contributed by atoms with van der Waals surface area (Å²) in [5, 5.41) is 3.47. The molecule has 0 amide bonds. The van der Waals surface area contributed by atoms with Crippen LogP contribution in [0.25, 0.3) is 0 Å². The topological polar surface area (TPSA) is 34.1 Å². The van der Waals surface area contributed by atoms with Gasteiger partial charge in [0.15, 0.2) is 5.96 Å². The minimum absolute atomic E-state index is 0.685. The quantitative estimate of drug-likeness (QED) is 0.601. The van der Waals surface area contributed by atoms with Crippen LogP contribution in [-0.4, -0.2) is 69.1 Å². The van der Waals surface area contributed by atoms with Crippen molar-refractivity contribution in [1.82, 2.24) is 15.1 Å². The molecule has 1 unspecified atom stereocenters. The number of benzene rings is 1. The van der Waals surface area contributed by atoms with Crippen LogP contribution in [0.4, 0.5) is 5.69 Å². The molecule has 0 bridgehead atoms. The summed E-state index contributed by atoms with van der Waals surface area (Å²) in [4.78, 5) is 12.2. The SMILES string of the molecule is CCNC(=NCC1CCCN(C)C1)N(C)Cc1ccc(N2CCCCC2)cc1. The average Bonchev–Trinajstić information content (AvgIpc) is 2.72. The lowest BCUT2D eigenvalue weighted by Crippen LogP contribution is -2.39. The van der Waals surface area contributed by atoms with Crippen LogP contribution in [0.15, 0.2) is 29.3 Å². The molecule has 0 aliphatic carbocycles. The molecule has 1 aromatic rings. The molecule has 0 aromatic heterocycles. The summed E-state index contributed by atoms with van der Waals surface area (Å²) in [5.74, 6) is 1.71. The number of guanidine groups is 1. The summed E-state index contributed by atoms with van der Waals surface area (Å²) in [7, 11) is 4.37. The highest BCUT2D eigenvalue weighted by molar-refractivity contribution is 5.79. The fourth-order valence-electron chi connectivity index (χ4n) is 4.42. The minimum atomic E-state index is 0.685. The van der Waals surface area contributed by atoms with Crippen LogP contribution in [0.1, 0.15) is 44.6 Å². The smallest absolute Gasteiger partial charge is 0.193 e. The Bertz CT molecular complexity index is 606. The first-order valence-corrected chi connectivity index (χ1v) is 11.2. The van der Waals surface area contributed by atoms with E-state index in [4.69, 9.17) is 4.99 Å². The van der Waals surface area contributed by atoms with Gasteiger partial charge in [0.2, 0.25) is 0 Å². The van der Waals surface area contributed by atoms with E-state index in [9.17, 15) is 0 Å². The van der Waals surface area contributed by atoms with Gasteiger partial charge >= 0.3 is 0 Å². The van der Waals surface area contributed by atoms with Gasteiger partial charge in [-0.15, -0.1) is 0 Å². The molecule has 2 heterocycles. The van der Waals surface area contributed by atoms with E-state index in [1.165, 1.54) is 69.5 Å². The lowest BCUT2D eigenvalue weighted by atomic mass is 9.99. The van der Waals surface area contributed by atoms with Crippen LogP contribution in [0, 0.1) is 5.92 Å². The van der Waals surface area contributed by atoms with Crippen LogP contribution in [0.5, 0.6) is 0 Å². The molecule has 5 nitrogen and oxygen atoms in total. The monoisotopic (exact) mass is 385 g/mol. The number of hydrogen-bond donors (Lipinski definition) is 1. The van der Waals surface area contributed by atoms with Gasteiger partial charge in [0.1, 0.15) is 0 Å². The first-order valence-electron chi connectivity index (χ1n) is 11.2. The van der Waals surface area contributed by atoms with E-state index in [1.807, 2.05) is 0 Å². The number of rotatable bonds is 6. The van der Waals surface area contributed by atoms with Crippen molar-refractivity contribution in [2.45, 2.75) is 45.6 Å². The van der Waals surface area contributed by atoms with Crippen LogP contribution in [0.3, 0.4) is 0 Å². The maximum atomic E-state index is 4.96. The van der Waals surface area contributed by atoms with E-state index in [0.29, 0.717) is 5.92 Å². The summed E-state index contributed by atoms with van der Waals surface area (Å²) in [5.41, 5.74) is 2.71. The molecule has 156 valence electrons. The van der Waals surface area contributed by atoms with Crippen LogP contribution in [-0.2, 0) is 6.54 Å². The third-order valence-electron chi connectivity index (χ3n) is 6.00. The third kappa shape index (κ3) is 6.13. The number of nitrogens with zero attached hydrogens (tertiary/aromatic N) is 4. The van der Waals surface area contributed by atoms with Crippen molar-refractivity contribution in [1.29, 1.82) is 0 Å². The number of piperidine rings is 2. The Morgan fingerprint density at radius 3 is 2.54 bits per heavy atom. The van der Waals surface area contributed by atoms with Crippen molar-refractivity contribution in [3.8, 4) is 0 Å². The molecule has 2 saturated heterocycles. The van der Waals surface area contributed by atoms with Crippen molar-refractivity contribution >= 4 is 11.6 Å². The second-order valence-corrected chi connectivity index (χ2v) is 8.54. The van der Waals surface area contributed by atoms with Gasteiger partial charge in [0.25, 0.3) is 0 Å². The number of nitrogens with one attached hydrogen (secondary N) is 1. The summed E-state index contributed by atoms with van der Waals surface area (Å²) in [6.07, 6.45) is 6.62. The highest BCUT2D eigenvalue weighted by atomic mass is 15.3. The van der Waals surface area contributed by atoms with Crippen molar-refractivity contribution in [2.75, 3.05) is 58.3 Å². The normalized spacial score (nSPS) is 21.6. The number of hydrogen-bond acceptors (Lipinski definition) is 3. The molecule has 2 aliphatic rings. The molecule has 5 heteroatoms. The molecule has 0 spiro atoms. The Labute approximate surface area is 171 Å². The van der Waals surface area contributed by atoms with Crippen molar-refractivity contribution in [2.24, 2.45) is 10.9 Å². The highest BCUT2D eigenvalue weighted by Crippen LogP contribution is 2.21. The van der Waals surface area contributed by atoms with Gasteiger partial charge in [-0.3, -0.25) is 4.99 Å². The number of likely N-dealkylation sites (tertiary alicyclic amines) is 1. The second-order valence-electron chi connectivity index (χ2n) is 8.54. The largest absolute Gasteiger partial charge is 0.372 e. The Kier molecular flexibility index (Phi) is 8.01. The van der Waals surface area contributed by atoms with Crippen LogP contribution >= 0.6 is 0 Å². The maximum Gasteiger partial charge on any atom is 0.193 e. The van der Waals surface area contributed by atoms with E-state index in [-0.39, 0.29) is 0 Å². The van der Waals surface area contributed by atoms with E-state index in [1.54, 1.807) is 0 Å². The Morgan fingerprint density at radius 2 is 1.86 bits per heavy atom.